The summed E-state index contributed by atoms with van der Waals surface area (Å²) in [4.78, 5) is 9.37. The summed E-state index contributed by atoms with van der Waals surface area (Å²) >= 11 is 0. The van der Waals surface area contributed by atoms with E-state index in [4.69, 9.17) is 5.11 Å². The van der Waals surface area contributed by atoms with Gasteiger partial charge in [0.25, 0.3) is 0 Å². The van der Waals surface area contributed by atoms with Crippen LogP contribution in [0.4, 0.5) is 0 Å². The molecule has 0 aromatic heterocycles. The number of hydrogen-bond acceptors (Lipinski definition) is 2. The Balaban J connectivity index is 0.000000422. The first-order valence-corrected chi connectivity index (χ1v) is 7.59. The number of benzene rings is 2. The largest absolute Gasteiger partial charge is 0.481 e. The van der Waals surface area contributed by atoms with E-state index in [1.54, 1.807) is 6.92 Å². The minimum atomic E-state index is -0.745. The number of hydrogen-bond donors (Lipinski definition) is 2. The maximum atomic E-state index is 10.2. The molecule has 0 amide bonds. The summed E-state index contributed by atoms with van der Waals surface area (Å²) < 4.78 is 0. The van der Waals surface area contributed by atoms with E-state index in [2.05, 4.69) is 24.3 Å². The van der Waals surface area contributed by atoms with Crippen LogP contribution in [-0.4, -0.2) is 22.3 Å². The highest BCUT2D eigenvalue weighted by atomic mass is 16.4. The van der Waals surface area contributed by atoms with Crippen molar-refractivity contribution in [3.8, 4) is 0 Å². The van der Waals surface area contributed by atoms with E-state index in [1.165, 1.54) is 11.1 Å². The number of rotatable bonds is 5. The second-order valence-corrected chi connectivity index (χ2v) is 5.02. The van der Waals surface area contributed by atoms with E-state index in [0.29, 0.717) is 0 Å². The summed E-state index contributed by atoms with van der Waals surface area (Å²) in [5.74, 6) is -0.674. The molecule has 0 saturated carbocycles. The van der Waals surface area contributed by atoms with Crippen LogP contribution in [0.3, 0.4) is 0 Å². The highest BCUT2D eigenvalue weighted by Gasteiger charge is 2.20. The van der Waals surface area contributed by atoms with E-state index in [0.717, 1.165) is 6.42 Å². The van der Waals surface area contributed by atoms with Gasteiger partial charge in [0.2, 0.25) is 0 Å². The third-order valence-corrected chi connectivity index (χ3v) is 3.42. The Kier molecular flexibility index (Phi) is 7.94. The molecule has 3 heteroatoms. The quantitative estimate of drug-likeness (QED) is 0.875. The van der Waals surface area contributed by atoms with Gasteiger partial charge in [-0.15, -0.1) is 0 Å². The predicted molar refractivity (Wildman–Crippen MR) is 89.0 cm³/mol. The zero-order valence-electron chi connectivity index (χ0n) is 13.1. The van der Waals surface area contributed by atoms with Crippen molar-refractivity contribution in [2.24, 2.45) is 0 Å². The number of aliphatic hydroxyl groups excluding tert-OH is 1. The standard InChI is InChI=1S/C16H18O.C3H6O2/c1-2-15(17)16(13-9-5-3-6-10-13)14-11-7-4-8-12-14;1-2-3(4)5/h3-12,15-17H,2H2,1H3;2H2,1H3,(H,4,5). The van der Waals surface area contributed by atoms with Gasteiger partial charge in [-0.1, -0.05) is 74.5 Å². The minimum absolute atomic E-state index is 0.0717. The van der Waals surface area contributed by atoms with E-state index >= 15 is 0 Å². The average Bonchev–Trinajstić information content (AvgIpc) is 2.57. The fourth-order valence-electron chi connectivity index (χ4n) is 2.19. The molecule has 0 heterocycles. The van der Waals surface area contributed by atoms with E-state index in [9.17, 15) is 9.90 Å². The Morgan fingerprint density at radius 2 is 1.27 bits per heavy atom. The van der Waals surface area contributed by atoms with Crippen molar-refractivity contribution in [3.63, 3.8) is 0 Å². The highest BCUT2D eigenvalue weighted by molar-refractivity contribution is 5.66. The number of carbonyl (C=O) groups is 1. The van der Waals surface area contributed by atoms with Crippen LogP contribution in [0.15, 0.2) is 60.7 Å². The topological polar surface area (TPSA) is 57.5 Å². The van der Waals surface area contributed by atoms with Crippen molar-refractivity contribution in [1.82, 2.24) is 0 Å². The molecule has 2 rings (SSSR count). The minimum Gasteiger partial charge on any atom is -0.481 e. The second-order valence-electron chi connectivity index (χ2n) is 5.02. The van der Waals surface area contributed by atoms with Crippen molar-refractivity contribution in [2.75, 3.05) is 0 Å². The van der Waals surface area contributed by atoms with Crippen LogP contribution in [0.25, 0.3) is 0 Å². The van der Waals surface area contributed by atoms with Crippen molar-refractivity contribution < 1.29 is 15.0 Å². The maximum Gasteiger partial charge on any atom is 0.303 e. The first-order valence-electron chi connectivity index (χ1n) is 7.59. The molecule has 0 spiro atoms. The van der Waals surface area contributed by atoms with Gasteiger partial charge in [0.15, 0.2) is 0 Å². The van der Waals surface area contributed by atoms with Crippen molar-refractivity contribution in [2.45, 2.75) is 38.7 Å². The summed E-state index contributed by atoms with van der Waals surface area (Å²) in [6.45, 7) is 3.62. The summed E-state index contributed by atoms with van der Waals surface area (Å²) in [6, 6.07) is 20.4. The lowest BCUT2D eigenvalue weighted by molar-refractivity contribution is -0.136. The lowest BCUT2D eigenvalue weighted by Gasteiger charge is -2.23. The summed E-state index contributed by atoms with van der Waals surface area (Å²) in [7, 11) is 0. The molecule has 3 nitrogen and oxygen atoms in total. The van der Waals surface area contributed by atoms with Crippen LogP contribution in [0.1, 0.15) is 43.7 Å². The van der Waals surface area contributed by atoms with Crippen molar-refractivity contribution in [3.05, 3.63) is 71.8 Å². The fourth-order valence-corrected chi connectivity index (χ4v) is 2.19. The first-order chi connectivity index (χ1) is 10.6. The van der Waals surface area contributed by atoms with Crippen LogP contribution in [0, 0.1) is 0 Å². The van der Waals surface area contributed by atoms with E-state index in [-0.39, 0.29) is 18.4 Å². The van der Waals surface area contributed by atoms with E-state index in [1.807, 2.05) is 43.3 Å². The Morgan fingerprint density at radius 1 is 0.909 bits per heavy atom. The summed E-state index contributed by atoms with van der Waals surface area (Å²) in [5.41, 5.74) is 2.35. The predicted octanol–water partition coefficient (Wildman–Crippen LogP) is 4.07. The molecule has 2 aromatic rings. The fraction of sp³-hybridized carbons (Fsp3) is 0.316. The van der Waals surface area contributed by atoms with Crippen LogP contribution < -0.4 is 0 Å². The van der Waals surface area contributed by atoms with Gasteiger partial charge in [-0.2, -0.15) is 0 Å². The molecule has 0 aliphatic carbocycles. The Hall–Kier alpha value is -2.13. The number of carboxylic acid groups (broad SMARTS) is 1. The lowest BCUT2D eigenvalue weighted by Crippen LogP contribution is -2.18. The normalized spacial score (nSPS) is 11.5. The third-order valence-electron chi connectivity index (χ3n) is 3.42. The smallest absolute Gasteiger partial charge is 0.303 e. The molecule has 118 valence electrons. The molecule has 0 aliphatic heterocycles. The third kappa shape index (κ3) is 5.70. The van der Waals surface area contributed by atoms with E-state index < -0.39 is 5.97 Å². The van der Waals surface area contributed by atoms with Gasteiger partial charge in [0.1, 0.15) is 0 Å². The first kappa shape index (κ1) is 17.9. The van der Waals surface area contributed by atoms with Gasteiger partial charge in [-0.3, -0.25) is 4.79 Å². The Labute approximate surface area is 132 Å². The molecule has 0 aliphatic rings. The second kappa shape index (κ2) is 9.74. The van der Waals surface area contributed by atoms with Gasteiger partial charge in [0.05, 0.1) is 6.10 Å². The lowest BCUT2D eigenvalue weighted by atomic mass is 9.86. The average molecular weight is 300 g/mol. The van der Waals surface area contributed by atoms with Gasteiger partial charge >= 0.3 is 5.97 Å². The molecule has 0 saturated heterocycles. The van der Waals surface area contributed by atoms with Gasteiger partial charge in [-0.05, 0) is 17.5 Å². The molecular formula is C19H24O3. The molecule has 0 fully saturated rings. The van der Waals surface area contributed by atoms with Crippen molar-refractivity contribution in [1.29, 1.82) is 0 Å². The number of aliphatic hydroxyl groups is 1. The molecule has 2 aromatic carbocycles. The zero-order chi connectivity index (χ0) is 16.4. The molecule has 22 heavy (non-hydrogen) atoms. The molecule has 0 radical (unpaired) electrons. The SMILES string of the molecule is CCC(=O)O.CCC(O)C(c1ccccc1)c1ccccc1. The monoisotopic (exact) mass is 300 g/mol. The molecule has 2 N–H and O–H groups in total. The van der Waals surface area contributed by atoms with Crippen molar-refractivity contribution >= 4 is 5.97 Å². The molecule has 1 atom stereocenters. The van der Waals surface area contributed by atoms with Gasteiger partial charge in [0, 0.05) is 12.3 Å². The molecule has 1 unspecified atom stereocenters. The number of carboxylic acids is 1. The van der Waals surface area contributed by atoms with Gasteiger partial charge < -0.3 is 10.2 Å². The van der Waals surface area contributed by atoms with Crippen LogP contribution >= 0.6 is 0 Å². The Bertz CT molecular complexity index is 498. The van der Waals surface area contributed by atoms with Crippen LogP contribution in [0.5, 0.6) is 0 Å². The van der Waals surface area contributed by atoms with Gasteiger partial charge in [-0.25, -0.2) is 0 Å². The number of aliphatic carboxylic acids is 1. The summed E-state index contributed by atoms with van der Waals surface area (Å²) in [6.07, 6.45) is 0.647. The zero-order valence-corrected chi connectivity index (χ0v) is 13.1. The maximum absolute atomic E-state index is 10.2. The van der Waals surface area contributed by atoms with Crippen LogP contribution in [-0.2, 0) is 4.79 Å². The highest BCUT2D eigenvalue weighted by Crippen LogP contribution is 2.29. The Morgan fingerprint density at radius 3 is 1.55 bits per heavy atom. The summed E-state index contributed by atoms with van der Waals surface area (Å²) in [5, 5.41) is 17.9. The van der Waals surface area contributed by atoms with Crippen LogP contribution in [0.2, 0.25) is 0 Å². The molecule has 0 bridgehead atoms. The molecular weight excluding hydrogens is 276 g/mol.